The van der Waals surface area contributed by atoms with Crippen molar-refractivity contribution in [3.63, 3.8) is 0 Å². The van der Waals surface area contributed by atoms with Crippen molar-refractivity contribution >= 4 is 32.9 Å². The van der Waals surface area contributed by atoms with E-state index in [4.69, 9.17) is 10.7 Å². The maximum Gasteiger partial charge on any atom is 0.167 e. The lowest BCUT2D eigenvalue weighted by atomic mass is 10.1. The molecule has 2 N–H and O–H groups in total. The second-order valence-electron chi connectivity index (χ2n) is 7.98. The molecule has 168 valence electrons. The number of sulfone groups is 1. The first kappa shape index (κ1) is 21.1. The molecule has 4 aromatic rings. The molecule has 9 nitrogen and oxygen atoms in total. The Kier molecular flexibility index (Phi) is 5.09. The number of hydrogen-bond donors (Lipinski definition) is 1. The molecular formula is C23H22N6O3S. The summed E-state index contributed by atoms with van der Waals surface area (Å²) in [6.07, 6.45) is 3.40. The highest BCUT2D eigenvalue weighted by Gasteiger charge is 2.28. The van der Waals surface area contributed by atoms with Crippen molar-refractivity contribution < 1.29 is 13.2 Å². The Hall–Kier alpha value is -3.79. The van der Waals surface area contributed by atoms with Crippen LogP contribution in [0.15, 0.2) is 54.9 Å². The zero-order valence-electron chi connectivity index (χ0n) is 18.0. The van der Waals surface area contributed by atoms with E-state index in [0.717, 1.165) is 22.4 Å². The predicted molar refractivity (Wildman–Crippen MR) is 127 cm³/mol. The maximum absolute atomic E-state index is 12.4. The fraction of sp³-hybridized carbons (Fsp3) is 0.217. The third-order valence-electron chi connectivity index (χ3n) is 5.80. The molecule has 0 unspecified atom stereocenters. The summed E-state index contributed by atoms with van der Waals surface area (Å²) in [6, 6.07) is 13.7. The number of nitrogens with two attached hydrogens (primary N) is 1. The van der Waals surface area contributed by atoms with Crippen molar-refractivity contribution in [2.24, 2.45) is 0 Å². The van der Waals surface area contributed by atoms with E-state index < -0.39 is 9.84 Å². The van der Waals surface area contributed by atoms with Crippen LogP contribution in [0.2, 0.25) is 0 Å². The van der Waals surface area contributed by atoms with Crippen molar-refractivity contribution in [3.05, 3.63) is 60.4 Å². The summed E-state index contributed by atoms with van der Waals surface area (Å²) in [7, 11) is -3.09. The molecule has 1 fully saturated rings. The van der Waals surface area contributed by atoms with Gasteiger partial charge >= 0.3 is 0 Å². The van der Waals surface area contributed by atoms with Gasteiger partial charge in [0.1, 0.15) is 17.2 Å². The molecule has 1 aromatic carbocycles. The normalized spacial score (nSPS) is 15.6. The molecule has 3 aromatic heterocycles. The second-order valence-corrected chi connectivity index (χ2v) is 10.3. The Morgan fingerprint density at radius 1 is 1.00 bits per heavy atom. The summed E-state index contributed by atoms with van der Waals surface area (Å²) in [5.41, 5.74) is 10.5. The van der Waals surface area contributed by atoms with E-state index >= 15 is 0 Å². The standard InChI is InChI=1S/C23H22N6O3S/c1-15(30)20-21(24)29-22(27-23(20)28-9-11-33(31,32)12-10-28)18(14-26-29)17-7-8-19(25-13-17)16-5-3-2-4-6-16/h2-8,13-14H,9-12,24H2,1H3. The van der Waals surface area contributed by atoms with E-state index in [2.05, 4.69) is 10.1 Å². The lowest BCUT2D eigenvalue weighted by Crippen LogP contribution is -2.41. The molecule has 0 aliphatic carbocycles. The molecule has 10 heteroatoms. The number of carbonyl (C=O) groups is 1. The molecule has 33 heavy (non-hydrogen) atoms. The summed E-state index contributed by atoms with van der Waals surface area (Å²) in [4.78, 5) is 23.6. The van der Waals surface area contributed by atoms with Crippen LogP contribution in [0.1, 0.15) is 17.3 Å². The van der Waals surface area contributed by atoms with Gasteiger partial charge in [0.15, 0.2) is 21.3 Å². The van der Waals surface area contributed by atoms with Crippen LogP contribution in [-0.2, 0) is 9.84 Å². The van der Waals surface area contributed by atoms with E-state index in [1.54, 1.807) is 12.4 Å². The number of nitrogens with zero attached hydrogens (tertiary/aromatic N) is 5. The van der Waals surface area contributed by atoms with Gasteiger partial charge in [-0.05, 0) is 13.0 Å². The molecule has 5 rings (SSSR count). The van der Waals surface area contributed by atoms with Crippen LogP contribution < -0.4 is 10.6 Å². The van der Waals surface area contributed by atoms with E-state index in [1.165, 1.54) is 11.4 Å². The number of carbonyl (C=O) groups excluding carboxylic acids is 1. The van der Waals surface area contributed by atoms with Gasteiger partial charge in [-0.2, -0.15) is 9.61 Å². The van der Waals surface area contributed by atoms with E-state index in [-0.39, 0.29) is 41.8 Å². The Morgan fingerprint density at radius 3 is 2.36 bits per heavy atom. The molecule has 0 atom stereocenters. The fourth-order valence-electron chi connectivity index (χ4n) is 4.03. The van der Waals surface area contributed by atoms with Crippen molar-refractivity contribution in [1.29, 1.82) is 0 Å². The van der Waals surface area contributed by atoms with Crippen LogP contribution in [0, 0.1) is 0 Å². The molecule has 1 aliphatic heterocycles. The average Bonchev–Trinajstić information content (AvgIpc) is 3.24. The lowest BCUT2D eigenvalue weighted by molar-refractivity contribution is 0.101. The highest BCUT2D eigenvalue weighted by Crippen LogP contribution is 2.32. The van der Waals surface area contributed by atoms with Crippen LogP contribution in [0.5, 0.6) is 0 Å². The number of anilines is 2. The fourth-order valence-corrected chi connectivity index (χ4v) is 5.23. The first-order chi connectivity index (χ1) is 15.8. The SMILES string of the molecule is CC(=O)c1c(N2CCS(=O)(=O)CC2)nc2c(-c3ccc(-c4ccccc4)nc3)cnn2c1N. The monoisotopic (exact) mass is 462 g/mol. The van der Waals surface area contributed by atoms with Crippen molar-refractivity contribution in [1.82, 2.24) is 19.6 Å². The Bertz CT molecular complexity index is 1450. The number of ketones is 1. The van der Waals surface area contributed by atoms with Gasteiger partial charge in [0.2, 0.25) is 0 Å². The number of Topliss-reactive ketones (excluding diaryl/α,β-unsaturated/α-hetero) is 1. The molecule has 1 saturated heterocycles. The smallest absolute Gasteiger partial charge is 0.167 e. The molecule has 0 radical (unpaired) electrons. The molecule has 0 spiro atoms. The molecule has 4 heterocycles. The van der Waals surface area contributed by atoms with Gasteiger partial charge in [-0.3, -0.25) is 9.78 Å². The minimum Gasteiger partial charge on any atom is -0.383 e. The first-order valence-electron chi connectivity index (χ1n) is 10.5. The van der Waals surface area contributed by atoms with Gasteiger partial charge < -0.3 is 10.6 Å². The van der Waals surface area contributed by atoms with Gasteiger partial charge in [-0.25, -0.2) is 13.4 Å². The summed E-state index contributed by atoms with van der Waals surface area (Å²) >= 11 is 0. The Balaban J connectivity index is 1.60. The quantitative estimate of drug-likeness (QED) is 0.459. The van der Waals surface area contributed by atoms with Gasteiger partial charge in [-0.1, -0.05) is 36.4 Å². The Morgan fingerprint density at radius 2 is 1.73 bits per heavy atom. The number of fused-ring (bicyclic) bond motifs is 1. The molecule has 0 amide bonds. The minimum atomic E-state index is -3.09. The third kappa shape index (κ3) is 3.82. The Labute approximate surface area is 190 Å². The minimum absolute atomic E-state index is 0.00803. The van der Waals surface area contributed by atoms with E-state index in [0.29, 0.717) is 11.5 Å². The average molecular weight is 463 g/mol. The van der Waals surface area contributed by atoms with Crippen LogP contribution in [-0.4, -0.2) is 58.4 Å². The van der Waals surface area contributed by atoms with Gasteiger partial charge in [-0.15, -0.1) is 0 Å². The van der Waals surface area contributed by atoms with E-state index in [9.17, 15) is 13.2 Å². The molecule has 0 saturated carbocycles. The number of pyridine rings is 1. The number of aromatic nitrogens is 4. The first-order valence-corrected chi connectivity index (χ1v) is 12.3. The predicted octanol–water partition coefficient (Wildman–Crippen LogP) is 2.48. The molecule has 1 aliphatic rings. The van der Waals surface area contributed by atoms with Crippen molar-refractivity contribution in [2.45, 2.75) is 6.92 Å². The highest BCUT2D eigenvalue weighted by molar-refractivity contribution is 7.91. The maximum atomic E-state index is 12.4. The summed E-state index contributed by atoms with van der Waals surface area (Å²) < 4.78 is 25.2. The highest BCUT2D eigenvalue weighted by atomic mass is 32.2. The van der Waals surface area contributed by atoms with Crippen LogP contribution >= 0.6 is 0 Å². The van der Waals surface area contributed by atoms with Crippen molar-refractivity contribution in [3.8, 4) is 22.4 Å². The van der Waals surface area contributed by atoms with Gasteiger partial charge in [0, 0.05) is 36.0 Å². The molecule has 0 bridgehead atoms. The van der Waals surface area contributed by atoms with Crippen LogP contribution in [0.3, 0.4) is 0 Å². The largest absolute Gasteiger partial charge is 0.383 e. The van der Waals surface area contributed by atoms with Crippen LogP contribution in [0.4, 0.5) is 11.6 Å². The summed E-state index contributed by atoms with van der Waals surface area (Å²) in [6.45, 7) is 1.92. The van der Waals surface area contributed by atoms with Gasteiger partial charge in [0.25, 0.3) is 0 Å². The zero-order chi connectivity index (χ0) is 23.2. The molecular weight excluding hydrogens is 440 g/mol. The third-order valence-corrected chi connectivity index (χ3v) is 7.41. The van der Waals surface area contributed by atoms with Gasteiger partial charge in [0.05, 0.1) is 23.4 Å². The number of benzene rings is 1. The number of nitrogen functional groups attached to an aromatic ring is 1. The zero-order valence-corrected chi connectivity index (χ0v) is 18.8. The lowest BCUT2D eigenvalue weighted by Gasteiger charge is -2.29. The summed E-state index contributed by atoms with van der Waals surface area (Å²) in [5.74, 6) is 0.327. The number of rotatable bonds is 4. The van der Waals surface area contributed by atoms with Crippen molar-refractivity contribution in [2.75, 3.05) is 35.2 Å². The summed E-state index contributed by atoms with van der Waals surface area (Å²) in [5, 5.41) is 4.36. The second kappa shape index (κ2) is 7.96. The van der Waals surface area contributed by atoms with Crippen LogP contribution in [0.25, 0.3) is 28.0 Å². The number of hydrogen-bond acceptors (Lipinski definition) is 8. The van der Waals surface area contributed by atoms with E-state index in [1.807, 2.05) is 47.4 Å². The topological polar surface area (TPSA) is 124 Å².